The predicted molar refractivity (Wildman–Crippen MR) is 51.2 cm³/mol. The summed E-state index contributed by atoms with van der Waals surface area (Å²) in [5.41, 5.74) is 0. The second kappa shape index (κ2) is 4.24. The van der Waals surface area contributed by atoms with Crippen LogP contribution in [-0.4, -0.2) is 25.7 Å². The van der Waals surface area contributed by atoms with Gasteiger partial charge in [-0.1, -0.05) is 19.3 Å². The Labute approximate surface area is 75.1 Å². The van der Waals surface area contributed by atoms with E-state index in [1.54, 1.807) is 0 Å². The van der Waals surface area contributed by atoms with Crippen molar-refractivity contribution >= 4 is 0 Å². The second-order valence-electron chi connectivity index (χ2n) is 4.23. The van der Waals surface area contributed by atoms with Gasteiger partial charge < -0.3 is 10.6 Å². The molecule has 2 nitrogen and oxygen atoms in total. The first-order valence-corrected chi connectivity index (χ1v) is 5.39. The molecule has 0 spiro atoms. The van der Waals surface area contributed by atoms with Gasteiger partial charge in [-0.15, -0.1) is 0 Å². The fourth-order valence-corrected chi connectivity index (χ4v) is 2.14. The highest BCUT2D eigenvalue weighted by molar-refractivity contribution is 4.78. The minimum absolute atomic E-state index is 0.763. The van der Waals surface area contributed by atoms with Crippen molar-refractivity contribution in [2.24, 2.45) is 5.92 Å². The lowest BCUT2D eigenvalue weighted by atomic mass is 9.81. The lowest BCUT2D eigenvalue weighted by molar-refractivity contribution is 0.267. The molecule has 0 radical (unpaired) electrons. The summed E-state index contributed by atoms with van der Waals surface area (Å²) in [5.74, 6) is 1.08. The molecule has 2 rings (SSSR count). The summed E-state index contributed by atoms with van der Waals surface area (Å²) in [6.45, 7) is 3.50. The van der Waals surface area contributed by atoms with Gasteiger partial charge in [0.05, 0.1) is 0 Å². The van der Waals surface area contributed by atoms with Crippen molar-refractivity contribution in [3.8, 4) is 0 Å². The minimum atomic E-state index is 0.763. The van der Waals surface area contributed by atoms with Crippen LogP contribution in [0.25, 0.3) is 0 Å². The van der Waals surface area contributed by atoms with E-state index in [0.717, 1.165) is 25.0 Å². The summed E-state index contributed by atoms with van der Waals surface area (Å²) in [6.07, 6.45) is 7.33. The van der Waals surface area contributed by atoms with Crippen molar-refractivity contribution in [1.29, 1.82) is 0 Å². The highest BCUT2D eigenvalue weighted by atomic mass is 15.0. The predicted octanol–water partition coefficient (Wildman–Crippen LogP) is 1.13. The van der Waals surface area contributed by atoms with Crippen LogP contribution in [0.5, 0.6) is 0 Å². The van der Waals surface area contributed by atoms with Crippen molar-refractivity contribution in [1.82, 2.24) is 10.6 Å². The van der Waals surface area contributed by atoms with Crippen molar-refractivity contribution in [3.05, 3.63) is 0 Å². The fraction of sp³-hybridized carbons (Fsp3) is 1.00. The molecule has 70 valence electrons. The zero-order valence-electron chi connectivity index (χ0n) is 7.81. The molecule has 0 amide bonds. The summed E-state index contributed by atoms with van der Waals surface area (Å²) in [5, 5.41) is 6.99. The quantitative estimate of drug-likeness (QED) is 0.660. The molecule has 2 fully saturated rings. The van der Waals surface area contributed by atoms with E-state index in [4.69, 9.17) is 0 Å². The van der Waals surface area contributed by atoms with Crippen LogP contribution in [-0.2, 0) is 0 Å². The highest BCUT2D eigenvalue weighted by Gasteiger charge is 2.19. The third-order valence-corrected chi connectivity index (χ3v) is 3.27. The smallest absolute Gasteiger partial charge is 0.0193 e. The maximum absolute atomic E-state index is 3.56. The lowest BCUT2D eigenvalue weighted by Gasteiger charge is -2.29. The molecule has 1 heterocycles. The molecule has 0 bridgehead atoms. The van der Waals surface area contributed by atoms with Gasteiger partial charge in [0.2, 0.25) is 0 Å². The standard InChI is InChI=1S/C10H20N2/c1-2-9(3-1)4-5-10-8-11-6-7-12-10/h9-12H,1-8H2. The second-order valence-corrected chi connectivity index (χ2v) is 4.23. The van der Waals surface area contributed by atoms with Crippen molar-refractivity contribution in [2.45, 2.75) is 38.1 Å². The molecule has 1 saturated heterocycles. The van der Waals surface area contributed by atoms with Gasteiger partial charge in [0.25, 0.3) is 0 Å². The Morgan fingerprint density at radius 1 is 1.08 bits per heavy atom. The van der Waals surface area contributed by atoms with Gasteiger partial charge in [-0.2, -0.15) is 0 Å². The van der Waals surface area contributed by atoms with E-state index in [9.17, 15) is 0 Å². The van der Waals surface area contributed by atoms with Gasteiger partial charge in [0.15, 0.2) is 0 Å². The average molecular weight is 168 g/mol. The Balaban J connectivity index is 1.58. The van der Waals surface area contributed by atoms with Crippen LogP contribution in [0.1, 0.15) is 32.1 Å². The van der Waals surface area contributed by atoms with Gasteiger partial charge in [-0.05, 0) is 18.8 Å². The van der Waals surface area contributed by atoms with Gasteiger partial charge in [0, 0.05) is 25.7 Å². The number of rotatable bonds is 3. The average Bonchev–Trinajstić information content (AvgIpc) is 2.04. The molecular weight excluding hydrogens is 148 g/mol. The van der Waals surface area contributed by atoms with E-state index in [1.807, 2.05) is 0 Å². The Bertz CT molecular complexity index is 126. The number of piperazine rings is 1. The Kier molecular flexibility index (Phi) is 3.01. The summed E-state index contributed by atoms with van der Waals surface area (Å²) < 4.78 is 0. The van der Waals surface area contributed by atoms with Gasteiger partial charge >= 0.3 is 0 Å². The van der Waals surface area contributed by atoms with Gasteiger partial charge in [0.1, 0.15) is 0 Å². The van der Waals surface area contributed by atoms with E-state index in [1.165, 1.54) is 38.6 Å². The maximum Gasteiger partial charge on any atom is 0.0193 e. The van der Waals surface area contributed by atoms with E-state index < -0.39 is 0 Å². The van der Waals surface area contributed by atoms with Crippen LogP contribution in [0, 0.1) is 5.92 Å². The Hall–Kier alpha value is -0.0800. The zero-order chi connectivity index (χ0) is 8.23. The molecule has 1 aliphatic carbocycles. The van der Waals surface area contributed by atoms with E-state index >= 15 is 0 Å². The first-order chi connectivity index (χ1) is 5.95. The molecule has 0 aromatic rings. The lowest BCUT2D eigenvalue weighted by Crippen LogP contribution is -2.48. The monoisotopic (exact) mass is 168 g/mol. The molecule has 1 atom stereocenters. The van der Waals surface area contributed by atoms with Crippen LogP contribution in [0.2, 0.25) is 0 Å². The van der Waals surface area contributed by atoms with Crippen molar-refractivity contribution < 1.29 is 0 Å². The van der Waals surface area contributed by atoms with Crippen LogP contribution in [0.4, 0.5) is 0 Å². The normalized spacial score (nSPS) is 31.5. The van der Waals surface area contributed by atoms with Crippen LogP contribution >= 0.6 is 0 Å². The molecule has 1 unspecified atom stereocenters. The minimum Gasteiger partial charge on any atom is -0.314 e. The third-order valence-electron chi connectivity index (χ3n) is 3.27. The molecule has 0 aromatic carbocycles. The number of nitrogens with one attached hydrogen (secondary N) is 2. The molecule has 0 aromatic heterocycles. The van der Waals surface area contributed by atoms with Crippen LogP contribution in [0.3, 0.4) is 0 Å². The Morgan fingerprint density at radius 3 is 2.58 bits per heavy atom. The van der Waals surface area contributed by atoms with Crippen molar-refractivity contribution in [3.63, 3.8) is 0 Å². The summed E-state index contributed by atoms with van der Waals surface area (Å²) in [6, 6.07) is 0.763. The SMILES string of the molecule is C1CC(CCC2CNCCN2)C1. The first kappa shape index (κ1) is 8.52. The Morgan fingerprint density at radius 2 is 2.00 bits per heavy atom. The molecule has 1 saturated carbocycles. The van der Waals surface area contributed by atoms with E-state index in [2.05, 4.69) is 10.6 Å². The summed E-state index contributed by atoms with van der Waals surface area (Å²) >= 11 is 0. The fourth-order valence-electron chi connectivity index (χ4n) is 2.14. The molecule has 12 heavy (non-hydrogen) atoms. The van der Waals surface area contributed by atoms with Crippen LogP contribution < -0.4 is 10.6 Å². The zero-order valence-corrected chi connectivity index (χ0v) is 7.81. The summed E-state index contributed by atoms with van der Waals surface area (Å²) in [4.78, 5) is 0. The van der Waals surface area contributed by atoms with Gasteiger partial charge in [-0.3, -0.25) is 0 Å². The molecule has 2 N–H and O–H groups in total. The maximum atomic E-state index is 3.56. The number of hydrogen-bond acceptors (Lipinski definition) is 2. The van der Waals surface area contributed by atoms with Crippen molar-refractivity contribution in [2.75, 3.05) is 19.6 Å². The van der Waals surface area contributed by atoms with Gasteiger partial charge in [-0.25, -0.2) is 0 Å². The highest BCUT2D eigenvalue weighted by Crippen LogP contribution is 2.30. The third kappa shape index (κ3) is 2.20. The topological polar surface area (TPSA) is 24.1 Å². The summed E-state index contributed by atoms with van der Waals surface area (Å²) in [7, 11) is 0. The molecular formula is C10H20N2. The van der Waals surface area contributed by atoms with E-state index in [0.29, 0.717) is 0 Å². The molecule has 1 aliphatic heterocycles. The largest absolute Gasteiger partial charge is 0.314 e. The van der Waals surface area contributed by atoms with E-state index in [-0.39, 0.29) is 0 Å². The van der Waals surface area contributed by atoms with Crippen LogP contribution in [0.15, 0.2) is 0 Å². The molecule has 2 heteroatoms. The number of hydrogen-bond donors (Lipinski definition) is 2. The first-order valence-electron chi connectivity index (χ1n) is 5.39. The molecule has 2 aliphatic rings.